The maximum absolute atomic E-state index is 11.9. The molecule has 3 nitrogen and oxygen atoms in total. The van der Waals surface area contributed by atoms with E-state index in [-0.39, 0.29) is 23.2 Å². The molecule has 0 aliphatic rings. The summed E-state index contributed by atoms with van der Waals surface area (Å²) in [6.45, 7) is 15.1. The van der Waals surface area contributed by atoms with E-state index in [2.05, 4.69) is 33.9 Å². The van der Waals surface area contributed by atoms with Gasteiger partial charge in [-0.15, -0.1) is 0 Å². The van der Waals surface area contributed by atoms with Crippen LogP contribution in [0.1, 0.15) is 41.0 Å². The summed E-state index contributed by atoms with van der Waals surface area (Å²) < 4.78 is 6.04. The normalized spacial score (nSPS) is 16.6. The van der Waals surface area contributed by atoms with Crippen molar-refractivity contribution in [3.8, 4) is 0 Å². The van der Waals surface area contributed by atoms with E-state index in [4.69, 9.17) is 4.43 Å². The molecular formula is C15H30O3Si. The van der Waals surface area contributed by atoms with Gasteiger partial charge in [-0.1, -0.05) is 39.8 Å². The van der Waals surface area contributed by atoms with E-state index in [0.717, 1.165) is 0 Å². The van der Waals surface area contributed by atoms with E-state index in [9.17, 15) is 9.90 Å². The highest BCUT2D eigenvalue weighted by molar-refractivity contribution is 6.74. The average Bonchev–Trinajstić information content (AvgIpc) is 2.24. The van der Waals surface area contributed by atoms with Crippen LogP contribution in [-0.4, -0.2) is 31.9 Å². The maximum atomic E-state index is 11.9. The summed E-state index contributed by atoms with van der Waals surface area (Å²) in [5, 5.41) is 9.74. The highest BCUT2D eigenvalue weighted by atomic mass is 28.4. The van der Waals surface area contributed by atoms with Crippen molar-refractivity contribution in [1.82, 2.24) is 0 Å². The molecule has 0 aromatic rings. The molecule has 0 aromatic heterocycles. The Morgan fingerprint density at radius 3 is 2.32 bits per heavy atom. The van der Waals surface area contributed by atoms with Crippen LogP contribution in [0.25, 0.3) is 0 Å². The number of rotatable bonds is 7. The molecule has 19 heavy (non-hydrogen) atoms. The first-order chi connectivity index (χ1) is 8.51. The Morgan fingerprint density at radius 1 is 1.37 bits per heavy atom. The van der Waals surface area contributed by atoms with E-state index in [1.54, 1.807) is 12.2 Å². The molecule has 0 radical (unpaired) electrons. The Labute approximate surface area is 119 Å². The molecule has 0 saturated heterocycles. The van der Waals surface area contributed by atoms with E-state index in [1.807, 2.05) is 13.8 Å². The van der Waals surface area contributed by atoms with E-state index in [1.165, 1.54) is 0 Å². The van der Waals surface area contributed by atoms with Gasteiger partial charge in [-0.3, -0.25) is 4.79 Å². The van der Waals surface area contributed by atoms with Gasteiger partial charge in [-0.25, -0.2) is 0 Å². The minimum atomic E-state index is -1.80. The molecule has 0 spiro atoms. The Morgan fingerprint density at radius 2 is 1.89 bits per heavy atom. The summed E-state index contributed by atoms with van der Waals surface area (Å²) in [7, 11) is -1.80. The number of hydrogen-bond acceptors (Lipinski definition) is 3. The van der Waals surface area contributed by atoms with Gasteiger partial charge in [0.1, 0.15) is 5.78 Å². The molecule has 1 N–H and O–H groups in total. The van der Waals surface area contributed by atoms with Crippen LogP contribution in [0.15, 0.2) is 12.2 Å². The monoisotopic (exact) mass is 286 g/mol. The summed E-state index contributed by atoms with van der Waals surface area (Å²) in [5.41, 5.74) is 0. The molecule has 4 heteroatoms. The van der Waals surface area contributed by atoms with Crippen LogP contribution in [0.5, 0.6) is 0 Å². The molecule has 0 bridgehead atoms. The number of allylic oxidation sites excluding steroid dienone is 1. The highest BCUT2D eigenvalue weighted by Gasteiger charge is 2.37. The van der Waals surface area contributed by atoms with E-state index < -0.39 is 14.4 Å². The van der Waals surface area contributed by atoms with Gasteiger partial charge in [0.2, 0.25) is 0 Å². The fourth-order valence-electron chi connectivity index (χ4n) is 1.34. The van der Waals surface area contributed by atoms with Gasteiger partial charge in [-0.05, 0) is 25.1 Å². The molecule has 0 saturated carbocycles. The third-order valence-corrected chi connectivity index (χ3v) is 8.38. The lowest BCUT2D eigenvalue weighted by Crippen LogP contribution is -2.42. The molecule has 0 aliphatic carbocycles. The van der Waals surface area contributed by atoms with Crippen LogP contribution >= 0.6 is 0 Å². The molecular weight excluding hydrogens is 256 g/mol. The fraction of sp³-hybridized carbons (Fsp3) is 0.800. The second-order valence-electron chi connectivity index (χ2n) is 6.74. The fourth-order valence-corrected chi connectivity index (χ4v) is 2.44. The van der Waals surface area contributed by atoms with Crippen molar-refractivity contribution >= 4 is 14.1 Å². The molecule has 2 atom stereocenters. The Bertz CT molecular complexity index is 316. The van der Waals surface area contributed by atoms with Crippen LogP contribution in [0.4, 0.5) is 0 Å². The summed E-state index contributed by atoms with van der Waals surface area (Å²) >= 11 is 0. The second-order valence-corrected chi connectivity index (χ2v) is 11.5. The number of carbonyl (C=O) groups excluding carboxylic acids is 1. The topological polar surface area (TPSA) is 46.5 Å². The van der Waals surface area contributed by atoms with Gasteiger partial charge in [0.15, 0.2) is 8.32 Å². The zero-order valence-electron chi connectivity index (χ0n) is 13.5. The van der Waals surface area contributed by atoms with Crippen LogP contribution < -0.4 is 0 Å². The SMILES string of the molecule is C/C=C/[C@H](O)CC(=O)[C@@H](C)CO[Si](C)(C)C(C)(C)C. The standard InChI is InChI=1S/C15H30O3Si/c1-8-9-13(16)10-14(17)12(2)11-18-19(6,7)15(3,4)5/h8-9,12-13,16H,10-11H2,1-7H3/b9-8+/t12-,13-/m0/s1. The van der Waals surface area contributed by atoms with Crippen LogP contribution in [-0.2, 0) is 9.22 Å². The van der Waals surface area contributed by atoms with Crippen molar-refractivity contribution in [2.45, 2.75) is 65.3 Å². The smallest absolute Gasteiger partial charge is 0.192 e. The zero-order valence-corrected chi connectivity index (χ0v) is 14.5. The van der Waals surface area contributed by atoms with Crippen molar-refractivity contribution in [1.29, 1.82) is 0 Å². The Kier molecular flexibility index (Phi) is 7.19. The van der Waals surface area contributed by atoms with Crippen molar-refractivity contribution in [2.75, 3.05) is 6.61 Å². The number of Topliss-reactive ketones (excluding diaryl/α,β-unsaturated/α-hetero) is 1. The first-order valence-corrected chi connectivity index (χ1v) is 9.89. The lowest BCUT2D eigenvalue weighted by atomic mass is 10.0. The van der Waals surface area contributed by atoms with Crippen molar-refractivity contribution in [3.05, 3.63) is 12.2 Å². The third kappa shape index (κ3) is 6.50. The van der Waals surface area contributed by atoms with E-state index in [0.29, 0.717) is 6.61 Å². The largest absolute Gasteiger partial charge is 0.416 e. The summed E-state index contributed by atoms with van der Waals surface area (Å²) in [4.78, 5) is 11.9. The predicted molar refractivity (Wildman–Crippen MR) is 82.8 cm³/mol. The first kappa shape index (κ1) is 18.5. The average molecular weight is 286 g/mol. The van der Waals surface area contributed by atoms with Gasteiger partial charge < -0.3 is 9.53 Å². The molecule has 0 aromatic carbocycles. The molecule has 112 valence electrons. The number of hydrogen-bond donors (Lipinski definition) is 1. The molecule has 0 heterocycles. The molecule has 0 fully saturated rings. The molecule has 0 aliphatic heterocycles. The van der Waals surface area contributed by atoms with Gasteiger partial charge in [0.25, 0.3) is 0 Å². The predicted octanol–water partition coefficient (Wildman–Crippen LogP) is 3.54. The number of ketones is 1. The quantitative estimate of drug-likeness (QED) is 0.575. The first-order valence-electron chi connectivity index (χ1n) is 6.99. The van der Waals surface area contributed by atoms with Crippen LogP contribution in [0.3, 0.4) is 0 Å². The van der Waals surface area contributed by atoms with Gasteiger partial charge in [0.05, 0.1) is 6.10 Å². The number of aliphatic hydroxyl groups excluding tert-OH is 1. The van der Waals surface area contributed by atoms with Crippen molar-refractivity contribution < 1.29 is 14.3 Å². The minimum Gasteiger partial charge on any atom is -0.416 e. The third-order valence-electron chi connectivity index (χ3n) is 3.87. The zero-order chi connectivity index (χ0) is 15.3. The minimum absolute atomic E-state index is 0.0595. The van der Waals surface area contributed by atoms with Crippen molar-refractivity contribution in [2.24, 2.45) is 5.92 Å². The lowest BCUT2D eigenvalue weighted by Gasteiger charge is -2.36. The van der Waals surface area contributed by atoms with Gasteiger partial charge in [-0.2, -0.15) is 0 Å². The maximum Gasteiger partial charge on any atom is 0.192 e. The van der Waals surface area contributed by atoms with Crippen LogP contribution in [0, 0.1) is 5.92 Å². The molecule has 0 unspecified atom stereocenters. The lowest BCUT2D eigenvalue weighted by molar-refractivity contribution is -0.124. The van der Waals surface area contributed by atoms with E-state index >= 15 is 0 Å². The summed E-state index contributed by atoms with van der Waals surface area (Å²) in [5.74, 6) is -0.0988. The van der Waals surface area contributed by atoms with Crippen molar-refractivity contribution in [3.63, 3.8) is 0 Å². The van der Waals surface area contributed by atoms with Gasteiger partial charge in [0, 0.05) is 18.9 Å². The summed E-state index contributed by atoms with van der Waals surface area (Å²) in [6, 6.07) is 0. The Hall–Kier alpha value is -0.453. The summed E-state index contributed by atoms with van der Waals surface area (Å²) in [6.07, 6.45) is 2.90. The Balaban J connectivity index is 4.32. The number of aliphatic hydroxyl groups is 1. The molecule has 0 amide bonds. The molecule has 0 rings (SSSR count). The number of carbonyl (C=O) groups is 1. The highest BCUT2D eigenvalue weighted by Crippen LogP contribution is 2.36. The second kappa shape index (κ2) is 7.36. The van der Waals surface area contributed by atoms with Gasteiger partial charge >= 0.3 is 0 Å². The van der Waals surface area contributed by atoms with Crippen LogP contribution in [0.2, 0.25) is 18.1 Å².